The Kier molecular flexibility index (Phi) is 7.53. The van der Waals surface area contributed by atoms with Gasteiger partial charge in [-0.1, -0.05) is 42.8 Å². The Morgan fingerprint density at radius 2 is 1.93 bits per heavy atom. The molecule has 0 saturated heterocycles. The molecule has 2 aromatic carbocycles. The summed E-state index contributed by atoms with van der Waals surface area (Å²) in [7, 11) is 4.02. The number of nitrogens with zero attached hydrogens (tertiary/aromatic N) is 2. The number of non-ortho nitro benzene ring substituents is 1. The Hall–Kier alpha value is -2.22. The predicted molar refractivity (Wildman–Crippen MR) is 115 cm³/mol. The molecule has 2 rings (SSSR count). The third kappa shape index (κ3) is 5.89. The van der Waals surface area contributed by atoms with Crippen molar-refractivity contribution >= 4 is 40.3 Å². The molecule has 0 fully saturated rings. The van der Waals surface area contributed by atoms with Crippen molar-refractivity contribution in [1.29, 1.82) is 0 Å². The number of benzene rings is 2. The van der Waals surface area contributed by atoms with Crippen molar-refractivity contribution < 1.29 is 4.92 Å². The van der Waals surface area contributed by atoms with Crippen molar-refractivity contribution in [3.63, 3.8) is 0 Å². The first-order valence-electron chi connectivity index (χ1n) is 8.56. The molecule has 0 aliphatic carbocycles. The zero-order chi connectivity index (χ0) is 20.0. The Morgan fingerprint density at radius 1 is 1.26 bits per heavy atom. The minimum atomic E-state index is -0.472. The van der Waals surface area contributed by atoms with Crippen molar-refractivity contribution in [2.75, 3.05) is 26.0 Å². The lowest BCUT2D eigenvalue weighted by atomic mass is 10.0. The summed E-state index contributed by atoms with van der Waals surface area (Å²) in [6, 6.07) is 12.8. The predicted octanol–water partition coefficient (Wildman–Crippen LogP) is 4.40. The number of halogens is 1. The fourth-order valence-corrected chi connectivity index (χ4v) is 3.01. The highest BCUT2D eigenvalue weighted by molar-refractivity contribution is 7.80. The first kappa shape index (κ1) is 21.1. The van der Waals surface area contributed by atoms with Gasteiger partial charge in [0, 0.05) is 18.7 Å². The van der Waals surface area contributed by atoms with Crippen LogP contribution in [0.1, 0.15) is 24.1 Å². The molecule has 8 heteroatoms. The molecular formula is C19H23ClN4O2S. The molecule has 27 heavy (non-hydrogen) atoms. The van der Waals surface area contributed by atoms with E-state index in [1.807, 2.05) is 14.1 Å². The molecule has 0 unspecified atom stereocenters. The molecule has 1 atom stereocenters. The molecular weight excluding hydrogens is 384 g/mol. The van der Waals surface area contributed by atoms with Crippen molar-refractivity contribution in [3.8, 4) is 0 Å². The van der Waals surface area contributed by atoms with E-state index < -0.39 is 4.92 Å². The Labute approximate surface area is 169 Å². The molecule has 144 valence electrons. The van der Waals surface area contributed by atoms with Crippen LogP contribution in [-0.2, 0) is 6.42 Å². The standard InChI is InChI=1S/C19H23ClN4O2S/c1-4-13-5-7-14(8-6-13)18(23(2)3)12-21-19(27)22-17-11-15(24(25)26)9-10-16(17)20/h5-11,18H,4,12H2,1-3H3,(H2,21,22,27)/t18-/m1/s1. The SMILES string of the molecule is CCc1ccc([C@@H](CNC(=S)Nc2cc([N+](=O)[O-])ccc2Cl)N(C)C)cc1. The van der Waals surface area contributed by atoms with Gasteiger partial charge in [-0.05, 0) is 49.9 Å². The molecule has 2 aromatic rings. The zero-order valence-electron chi connectivity index (χ0n) is 15.5. The second kappa shape index (κ2) is 9.64. The Morgan fingerprint density at radius 3 is 2.48 bits per heavy atom. The first-order chi connectivity index (χ1) is 12.8. The second-order valence-electron chi connectivity index (χ2n) is 6.33. The fourth-order valence-electron chi connectivity index (χ4n) is 2.65. The molecule has 0 saturated carbocycles. The van der Waals surface area contributed by atoms with Gasteiger partial charge in [-0.2, -0.15) is 0 Å². The van der Waals surface area contributed by atoms with Gasteiger partial charge < -0.3 is 15.5 Å². The molecule has 0 bridgehead atoms. The number of rotatable bonds is 7. The van der Waals surface area contributed by atoms with Gasteiger partial charge in [0.1, 0.15) is 0 Å². The number of likely N-dealkylation sites (N-methyl/N-ethyl adjacent to an activating group) is 1. The number of nitro groups is 1. The van der Waals surface area contributed by atoms with E-state index in [0.717, 1.165) is 6.42 Å². The van der Waals surface area contributed by atoms with Crippen LogP contribution in [0.3, 0.4) is 0 Å². The normalized spacial score (nSPS) is 11.9. The number of nitrogens with one attached hydrogen (secondary N) is 2. The number of aryl methyl sites for hydroxylation is 1. The largest absolute Gasteiger partial charge is 0.361 e. The summed E-state index contributed by atoms with van der Waals surface area (Å²) in [4.78, 5) is 12.6. The fraction of sp³-hybridized carbons (Fsp3) is 0.316. The summed E-state index contributed by atoms with van der Waals surface area (Å²) < 4.78 is 0. The van der Waals surface area contributed by atoms with Crippen molar-refractivity contribution in [1.82, 2.24) is 10.2 Å². The monoisotopic (exact) mass is 406 g/mol. The number of anilines is 1. The highest BCUT2D eigenvalue weighted by Gasteiger charge is 2.15. The van der Waals surface area contributed by atoms with Gasteiger partial charge in [-0.15, -0.1) is 0 Å². The number of nitro benzene ring substituents is 1. The van der Waals surface area contributed by atoms with Crippen LogP contribution in [0.25, 0.3) is 0 Å². The van der Waals surface area contributed by atoms with E-state index in [1.54, 1.807) is 0 Å². The van der Waals surface area contributed by atoms with E-state index in [1.165, 1.54) is 29.3 Å². The molecule has 0 spiro atoms. The average molecular weight is 407 g/mol. The molecule has 0 aliphatic heterocycles. The van der Waals surface area contributed by atoms with E-state index in [2.05, 4.69) is 46.7 Å². The second-order valence-corrected chi connectivity index (χ2v) is 7.15. The summed E-state index contributed by atoms with van der Waals surface area (Å²) in [6.45, 7) is 2.71. The molecule has 0 aromatic heterocycles. The van der Waals surface area contributed by atoms with Crippen molar-refractivity contribution in [2.24, 2.45) is 0 Å². The highest BCUT2D eigenvalue weighted by Crippen LogP contribution is 2.26. The van der Waals surface area contributed by atoms with Crippen LogP contribution in [0.4, 0.5) is 11.4 Å². The maximum absolute atomic E-state index is 10.9. The molecule has 0 heterocycles. The van der Waals surface area contributed by atoms with E-state index in [4.69, 9.17) is 23.8 Å². The van der Waals surface area contributed by atoms with E-state index in [0.29, 0.717) is 22.4 Å². The lowest BCUT2D eigenvalue weighted by molar-refractivity contribution is -0.384. The molecule has 0 radical (unpaired) electrons. The van der Waals surface area contributed by atoms with Gasteiger partial charge in [-0.3, -0.25) is 10.1 Å². The molecule has 2 N–H and O–H groups in total. The third-order valence-corrected chi connectivity index (χ3v) is 4.84. The van der Waals surface area contributed by atoms with Crippen molar-refractivity contribution in [3.05, 3.63) is 68.7 Å². The Bertz CT molecular complexity index is 812. The van der Waals surface area contributed by atoms with Crippen LogP contribution in [0.15, 0.2) is 42.5 Å². The highest BCUT2D eigenvalue weighted by atomic mass is 35.5. The number of hydrogen-bond donors (Lipinski definition) is 2. The van der Waals surface area contributed by atoms with Crippen LogP contribution in [-0.4, -0.2) is 35.6 Å². The van der Waals surface area contributed by atoms with E-state index in [-0.39, 0.29) is 11.7 Å². The van der Waals surface area contributed by atoms with Crippen molar-refractivity contribution in [2.45, 2.75) is 19.4 Å². The minimum absolute atomic E-state index is 0.0492. The lowest BCUT2D eigenvalue weighted by Gasteiger charge is -2.26. The van der Waals surface area contributed by atoms with Gasteiger partial charge in [0.05, 0.1) is 21.7 Å². The van der Waals surface area contributed by atoms with Gasteiger partial charge in [0.25, 0.3) is 5.69 Å². The lowest BCUT2D eigenvalue weighted by Crippen LogP contribution is -2.36. The van der Waals surface area contributed by atoms with Crippen LogP contribution < -0.4 is 10.6 Å². The average Bonchev–Trinajstić information content (AvgIpc) is 2.63. The van der Waals surface area contributed by atoms with Crippen LogP contribution >= 0.6 is 23.8 Å². The summed E-state index contributed by atoms with van der Waals surface area (Å²) in [5.41, 5.74) is 2.83. The first-order valence-corrected chi connectivity index (χ1v) is 9.34. The number of thiocarbonyl (C=S) groups is 1. The topological polar surface area (TPSA) is 70.4 Å². The van der Waals surface area contributed by atoms with E-state index in [9.17, 15) is 10.1 Å². The number of hydrogen-bond acceptors (Lipinski definition) is 4. The molecule has 0 amide bonds. The molecule has 6 nitrogen and oxygen atoms in total. The Balaban J connectivity index is 2.03. The van der Waals surface area contributed by atoms with Gasteiger partial charge >= 0.3 is 0 Å². The van der Waals surface area contributed by atoms with Gasteiger partial charge in [0.2, 0.25) is 0 Å². The minimum Gasteiger partial charge on any atom is -0.361 e. The van der Waals surface area contributed by atoms with Gasteiger partial charge in [0.15, 0.2) is 5.11 Å². The summed E-state index contributed by atoms with van der Waals surface area (Å²) in [5.74, 6) is 0. The maximum atomic E-state index is 10.9. The quantitative estimate of drug-likeness (QED) is 0.403. The van der Waals surface area contributed by atoms with Crippen LogP contribution in [0.2, 0.25) is 5.02 Å². The third-order valence-electron chi connectivity index (χ3n) is 4.26. The summed E-state index contributed by atoms with van der Waals surface area (Å²) in [6.07, 6.45) is 1.00. The van der Waals surface area contributed by atoms with Crippen LogP contribution in [0, 0.1) is 10.1 Å². The summed E-state index contributed by atoms with van der Waals surface area (Å²) in [5, 5.41) is 17.7. The maximum Gasteiger partial charge on any atom is 0.271 e. The molecule has 0 aliphatic rings. The zero-order valence-corrected chi connectivity index (χ0v) is 17.1. The van der Waals surface area contributed by atoms with E-state index >= 15 is 0 Å². The van der Waals surface area contributed by atoms with Crippen LogP contribution in [0.5, 0.6) is 0 Å². The smallest absolute Gasteiger partial charge is 0.271 e. The summed E-state index contributed by atoms with van der Waals surface area (Å²) >= 11 is 11.4. The van der Waals surface area contributed by atoms with Gasteiger partial charge in [-0.25, -0.2) is 0 Å².